The molecule has 37 heavy (non-hydrogen) atoms. The van der Waals surface area contributed by atoms with Gasteiger partial charge in [0.25, 0.3) is 5.95 Å². The summed E-state index contributed by atoms with van der Waals surface area (Å²) in [6.45, 7) is 8.30. The number of nitrogens with one attached hydrogen (secondary N) is 1. The van der Waals surface area contributed by atoms with Crippen molar-refractivity contribution in [2.24, 2.45) is 0 Å². The lowest BCUT2D eigenvalue weighted by molar-refractivity contribution is -0.286. The molecule has 1 amide bonds. The normalized spacial score (nSPS) is 17.9. The van der Waals surface area contributed by atoms with Crippen LogP contribution in [0.25, 0.3) is 0 Å². The van der Waals surface area contributed by atoms with Gasteiger partial charge in [0.05, 0.1) is 17.8 Å². The minimum absolute atomic E-state index is 0.104. The molecule has 0 spiro atoms. The van der Waals surface area contributed by atoms with E-state index in [9.17, 15) is 13.6 Å². The number of aromatic nitrogens is 4. The van der Waals surface area contributed by atoms with Crippen LogP contribution in [0, 0.1) is 13.8 Å². The van der Waals surface area contributed by atoms with Crippen LogP contribution in [0.3, 0.4) is 0 Å². The third-order valence-corrected chi connectivity index (χ3v) is 6.22. The Morgan fingerprint density at radius 2 is 1.89 bits per heavy atom. The molecule has 3 heterocycles. The van der Waals surface area contributed by atoms with Crippen molar-refractivity contribution < 1.29 is 27.8 Å². The number of aryl methyl sites for hydroxylation is 2. The first-order valence-electron chi connectivity index (χ1n) is 12.1. The molecule has 10 nitrogen and oxygen atoms in total. The van der Waals surface area contributed by atoms with E-state index in [1.165, 1.54) is 17.0 Å². The Bertz CT molecular complexity index is 1280. The number of alkyl halides is 2. The minimum Gasteiger partial charge on any atom is -0.446 e. The molecule has 5 rings (SSSR count). The molecule has 0 radical (unpaired) electrons. The lowest BCUT2D eigenvalue weighted by atomic mass is 9.98. The van der Waals surface area contributed by atoms with Crippen LogP contribution < -0.4 is 19.3 Å². The second-order valence-electron chi connectivity index (χ2n) is 9.60. The van der Waals surface area contributed by atoms with Gasteiger partial charge in [0.15, 0.2) is 11.5 Å². The molecule has 3 aromatic rings. The van der Waals surface area contributed by atoms with E-state index in [1.807, 2.05) is 18.7 Å². The van der Waals surface area contributed by atoms with Gasteiger partial charge in [0.2, 0.25) is 0 Å². The second kappa shape index (κ2) is 9.49. The van der Waals surface area contributed by atoms with Crippen LogP contribution in [-0.2, 0) is 11.3 Å². The first-order valence-corrected chi connectivity index (χ1v) is 12.1. The molecule has 1 aromatic heterocycles. The van der Waals surface area contributed by atoms with E-state index >= 15 is 0 Å². The zero-order valence-electron chi connectivity index (χ0n) is 21.0. The fourth-order valence-electron chi connectivity index (χ4n) is 4.95. The van der Waals surface area contributed by atoms with E-state index in [-0.39, 0.29) is 17.6 Å². The first kappa shape index (κ1) is 24.7. The van der Waals surface area contributed by atoms with Crippen molar-refractivity contribution >= 4 is 17.7 Å². The number of hydrogen-bond acceptors (Lipinski definition) is 8. The summed E-state index contributed by atoms with van der Waals surface area (Å²) < 4.78 is 42.9. The highest BCUT2D eigenvalue weighted by atomic mass is 19.3. The monoisotopic (exact) mass is 514 g/mol. The summed E-state index contributed by atoms with van der Waals surface area (Å²) in [5, 5.41) is 14.7. The van der Waals surface area contributed by atoms with Crippen LogP contribution in [0.1, 0.15) is 55.0 Å². The molecular weight excluding hydrogens is 486 g/mol. The number of carbonyl (C=O) groups is 1. The number of ether oxygens (including phenoxy) is 3. The number of rotatable bonds is 5. The van der Waals surface area contributed by atoms with Gasteiger partial charge in [-0.1, -0.05) is 34.4 Å². The van der Waals surface area contributed by atoms with Gasteiger partial charge < -0.3 is 19.1 Å². The Balaban J connectivity index is 1.62. The molecule has 2 aromatic carbocycles. The van der Waals surface area contributed by atoms with Crippen molar-refractivity contribution in [2.75, 3.05) is 16.3 Å². The van der Waals surface area contributed by atoms with Gasteiger partial charge in [-0.25, -0.2) is 4.79 Å². The van der Waals surface area contributed by atoms with Crippen LogP contribution in [0.2, 0.25) is 0 Å². The van der Waals surface area contributed by atoms with E-state index in [0.29, 0.717) is 43.1 Å². The van der Waals surface area contributed by atoms with Crippen molar-refractivity contribution in [3.63, 3.8) is 0 Å². The minimum atomic E-state index is -3.80. The Labute approximate surface area is 212 Å². The predicted octanol–water partition coefficient (Wildman–Crippen LogP) is 5.03. The quantitative estimate of drug-likeness (QED) is 0.505. The van der Waals surface area contributed by atoms with Crippen molar-refractivity contribution in [3.8, 4) is 11.5 Å². The Morgan fingerprint density at radius 3 is 2.54 bits per heavy atom. The van der Waals surface area contributed by atoms with E-state index in [1.54, 1.807) is 13.8 Å². The number of amides is 1. The smallest absolute Gasteiger partial charge is 0.446 e. The van der Waals surface area contributed by atoms with Gasteiger partial charge in [0, 0.05) is 24.7 Å². The SMILES string of the molecule is Cc1cc(C)cc(CN(c2nn[nH]n2)C2CCCN(C(=O)OC(C)C)c3cc4c(cc32)OC(F)(F)O4)c1. The molecule has 2 aliphatic rings. The zero-order chi connectivity index (χ0) is 26.3. The van der Waals surface area contributed by atoms with Gasteiger partial charge in [-0.05, 0) is 57.4 Å². The van der Waals surface area contributed by atoms with Crippen molar-refractivity contribution in [1.29, 1.82) is 0 Å². The molecule has 1 atom stereocenters. The predicted molar refractivity (Wildman–Crippen MR) is 130 cm³/mol. The van der Waals surface area contributed by atoms with Crippen LogP contribution in [0.5, 0.6) is 11.5 Å². The summed E-state index contributed by atoms with van der Waals surface area (Å²) in [7, 11) is 0. The summed E-state index contributed by atoms with van der Waals surface area (Å²) in [4.78, 5) is 16.5. The van der Waals surface area contributed by atoms with E-state index < -0.39 is 18.4 Å². The Hall–Kier alpha value is -3.96. The number of H-pyrrole nitrogens is 1. The molecule has 1 N–H and O–H groups in total. The largest absolute Gasteiger partial charge is 0.586 e. The number of nitrogens with zero attached hydrogens (tertiary/aromatic N) is 5. The molecule has 196 valence electrons. The number of benzene rings is 2. The number of anilines is 2. The molecule has 2 aliphatic heterocycles. The summed E-state index contributed by atoms with van der Waals surface area (Å²) in [6.07, 6.45) is -3.53. The van der Waals surface area contributed by atoms with Crippen LogP contribution in [0.4, 0.5) is 25.2 Å². The highest BCUT2D eigenvalue weighted by molar-refractivity contribution is 5.90. The van der Waals surface area contributed by atoms with Crippen LogP contribution in [-0.4, -0.2) is 45.7 Å². The van der Waals surface area contributed by atoms with Crippen LogP contribution >= 0.6 is 0 Å². The average molecular weight is 515 g/mol. The third kappa shape index (κ3) is 5.13. The molecular formula is C25H28F2N6O4. The summed E-state index contributed by atoms with van der Waals surface area (Å²) in [5.41, 5.74) is 4.24. The van der Waals surface area contributed by atoms with Gasteiger partial charge >= 0.3 is 12.4 Å². The fourth-order valence-corrected chi connectivity index (χ4v) is 4.95. The molecule has 0 saturated heterocycles. The van der Waals surface area contributed by atoms with Gasteiger partial charge in [-0.15, -0.1) is 13.9 Å². The maximum Gasteiger partial charge on any atom is 0.586 e. The third-order valence-electron chi connectivity index (χ3n) is 6.22. The molecule has 0 saturated carbocycles. The Morgan fingerprint density at radius 1 is 1.19 bits per heavy atom. The molecule has 0 fully saturated rings. The van der Waals surface area contributed by atoms with E-state index in [2.05, 4.69) is 38.8 Å². The number of tetrazole rings is 1. The number of hydrogen-bond donors (Lipinski definition) is 1. The van der Waals surface area contributed by atoms with Gasteiger partial charge in [0.1, 0.15) is 0 Å². The van der Waals surface area contributed by atoms with Crippen LogP contribution in [0.15, 0.2) is 30.3 Å². The number of halogens is 2. The number of fused-ring (bicyclic) bond motifs is 2. The molecule has 1 unspecified atom stereocenters. The standard InChI is InChI=1S/C25H28F2N6O4/c1-14(2)35-24(34)32-7-5-6-19(18-11-21-22(12-20(18)32)37-25(26,27)36-21)33(23-28-30-31-29-23)13-17-9-15(3)8-16(4)10-17/h8-12,14,19H,5-7,13H2,1-4H3,(H,28,29,30,31). The van der Waals surface area contributed by atoms with E-state index in [0.717, 1.165) is 16.7 Å². The zero-order valence-corrected chi connectivity index (χ0v) is 21.0. The summed E-state index contributed by atoms with van der Waals surface area (Å²) >= 11 is 0. The summed E-state index contributed by atoms with van der Waals surface area (Å²) in [5.74, 6) is 0.0933. The second-order valence-corrected chi connectivity index (χ2v) is 9.60. The molecule has 0 aliphatic carbocycles. The number of carbonyl (C=O) groups excluding carboxylic acids is 1. The summed E-state index contributed by atoms with van der Waals surface area (Å²) in [6, 6.07) is 8.76. The Kier molecular flexibility index (Phi) is 6.34. The van der Waals surface area contributed by atoms with Crippen molar-refractivity contribution in [2.45, 2.75) is 65.5 Å². The van der Waals surface area contributed by atoms with Gasteiger partial charge in [-0.2, -0.15) is 5.21 Å². The lowest BCUT2D eigenvalue weighted by Crippen LogP contribution is -2.34. The van der Waals surface area contributed by atoms with Crippen molar-refractivity contribution in [3.05, 3.63) is 52.6 Å². The average Bonchev–Trinajstić information content (AvgIpc) is 3.38. The number of aromatic amines is 1. The maximum atomic E-state index is 14.0. The highest BCUT2D eigenvalue weighted by Crippen LogP contribution is 2.49. The molecule has 12 heteroatoms. The lowest BCUT2D eigenvalue weighted by Gasteiger charge is -2.32. The highest BCUT2D eigenvalue weighted by Gasteiger charge is 2.45. The fraction of sp³-hybridized carbons (Fsp3) is 0.440. The molecule has 0 bridgehead atoms. The topological polar surface area (TPSA) is 106 Å². The maximum absolute atomic E-state index is 14.0. The van der Waals surface area contributed by atoms with E-state index in [4.69, 9.17) is 14.2 Å². The first-order chi connectivity index (χ1) is 17.6. The van der Waals surface area contributed by atoms with Crippen molar-refractivity contribution in [1.82, 2.24) is 20.6 Å². The van der Waals surface area contributed by atoms with Gasteiger partial charge in [-0.3, -0.25) is 4.90 Å².